The molecule has 0 aromatic heterocycles. The number of nitrogens with one attached hydrogen (secondary N) is 1. The summed E-state index contributed by atoms with van der Waals surface area (Å²) in [5.41, 5.74) is 0.731. The Morgan fingerprint density at radius 3 is 2.23 bits per heavy atom. The van der Waals surface area contributed by atoms with Crippen molar-refractivity contribution in [3.63, 3.8) is 0 Å². The van der Waals surface area contributed by atoms with Gasteiger partial charge in [0.2, 0.25) is 0 Å². The molecule has 0 saturated carbocycles. The first-order chi connectivity index (χ1) is 12.3. The van der Waals surface area contributed by atoms with Crippen LogP contribution >= 0.6 is 0 Å². The lowest BCUT2D eigenvalue weighted by Gasteiger charge is -2.14. The summed E-state index contributed by atoms with van der Waals surface area (Å²) in [6.45, 7) is 0. The number of anilines is 1. The number of halogens is 4. The van der Waals surface area contributed by atoms with E-state index in [2.05, 4.69) is 5.32 Å². The molecule has 3 aromatic rings. The molecule has 0 spiro atoms. The topological polar surface area (TPSA) is 29.1 Å². The zero-order valence-electron chi connectivity index (χ0n) is 13.3. The molecule has 0 atom stereocenters. The minimum Gasteiger partial charge on any atom is -0.354 e. The molecule has 1 N–H and O–H groups in total. The maximum absolute atomic E-state index is 13.2. The van der Waals surface area contributed by atoms with Gasteiger partial charge in [0, 0.05) is 22.8 Å². The van der Waals surface area contributed by atoms with E-state index in [1.54, 1.807) is 18.2 Å². The minimum absolute atomic E-state index is 0.0660. The Hall–Kier alpha value is -3.15. The third-order valence-corrected chi connectivity index (χ3v) is 3.77. The van der Waals surface area contributed by atoms with E-state index in [0.717, 1.165) is 22.9 Å². The molecule has 0 heterocycles. The predicted molar refractivity (Wildman–Crippen MR) is 93.0 cm³/mol. The number of hydrogen-bond donors (Lipinski definition) is 1. The van der Waals surface area contributed by atoms with Crippen molar-refractivity contribution in [1.82, 2.24) is 0 Å². The molecular weight excluding hydrogens is 346 g/mol. The summed E-state index contributed by atoms with van der Waals surface area (Å²) >= 11 is 0. The summed E-state index contributed by atoms with van der Waals surface area (Å²) in [4.78, 5) is 11.5. The molecule has 3 aromatic carbocycles. The molecule has 0 amide bonds. The maximum Gasteiger partial charge on any atom is 0.454 e. The van der Waals surface area contributed by atoms with Crippen molar-refractivity contribution in [3.8, 4) is 0 Å². The molecule has 0 fully saturated rings. The highest BCUT2D eigenvalue weighted by Crippen LogP contribution is 2.28. The van der Waals surface area contributed by atoms with E-state index < -0.39 is 17.8 Å². The lowest BCUT2D eigenvalue weighted by molar-refractivity contribution is -0.165. The second kappa shape index (κ2) is 7.00. The summed E-state index contributed by atoms with van der Waals surface area (Å²) in [5, 5.41) is 4.55. The molecule has 0 aliphatic rings. The van der Waals surface area contributed by atoms with E-state index in [4.69, 9.17) is 0 Å². The molecule has 0 bridgehead atoms. The van der Waals surface area contributed by atoms with Gasteiger partial charge in [-0.15, -0.1) is 0 Å². The fraction of sp³-hybridized carbons (Fsp3) is 0.0500. The smallest absolute Gasteiger partial charge is 0.354 e. The van der Waals surface area contributed by atoms with Crippen molar-refractivity contribution in [1.29, 1.82) is 0 Å². The van der Waals surface area contributed by atoms with Gasteiger partial charge in [0.15, 0.2) is 0 Å². The van der Waals surface area contributed by atoms with Gasteiger partial charge in [-0.1, -0.05) is 36.4 Å². The number of benzene rings is 3. The van der Waals surface area contributed by atoms with Crippen molar-refractivity contribution in [2.24, 2.45) is 0 Å². The van der Waals surface area contributed by atoms with Crippen LogP contribution in [-0.2, 0) is 4.79 Å². The molecule has 0 unspecified atom stereocenters. The van der Waals surface area contributed by atoms with Crippen LogP contribution < -0.4 is 5.32 Å². The zero-order valence-corrected chi connectivity index (χ0v) is 13.3. The lowest BCUT2D eigenvalue weighted by Crippen LogP contribution is -2.21. The van der Waals surface area contributed by atoms with Crippen LogP contribution in [0.1, 0.15) is 5.56 Å². The van der Waals surface area contributed by atoms with E-state index in [1.165, 1.54) is 12.1 Å². The van der Waals surface area contributed by atoms with Crippen LogP contribution in [0.15, 0.2) is 72.8 Å². The molecule has 132 valence electrons. The second-order valence-electron chi connectivity index (χ2n) is 5.58. The van der Waals surface area contributed by atoms with Crippen molar-refractivity contribution in [2.75, 3.05) is 5.32 Å². The zero-order chi connectivity index (χ0) is 18.7. The van der Waals surface area contributed by atoms with Crippen LogP contribution in [0.25, 0.3) is 16.5 Å². The van der Waals surface area contributed by atoms with Gasteiger partial charge in [-0.3, -0.25) is 4.79 Å². The van der Waals surface area contributed by atoms with E-state index in [-0.39, 0.29) is 11.3 Å². The molecule has 0 radical (unpaired) electrons. The normalized spacial score (nSPS) is 12.2. The first kappa shape index (κ1) is 17.7. The largest absolute Gasteiger partial charge is 0.454 e. The Labute approximate surface area is 146 Å². The quantitative estimate of drug-likeness (QED) is 0.488. The van der Waals surface area contributed by atoms with Crippen LogP contribution in [0.5, 0.6) is 0 Å². The van der Waals surface area contributed by atoms with Crippen LogP contribution in [-0.4, -0.2) is 12.0 Å². The second-order valence-corrected chi connectivity index (χ2v) is 5.58. The summed E-state index contributed by atoms with van der Waals surface area (Å²) in [5.74, 6) is -2.52. The number of rotatable bonds is 4. The van der Waals surface area contributed by atoms with Crippen LogP contribution in [0.4, 0.5) is 23.2 Å². The van der Waals surface area contributed by atoms with Gasteiger partial charge in [0.05, 0.1) is 0 Å². The number of allylic oxidation sites excluding steroid dienone is 1. The van der Waals surface area contributed by atoms with Crippen molar-refractivity contribution in [2.45, 2.75) is 6.18 Å². The number of fused-ring (bicyclic) bond motifs is 1. The van der Waals surface area contributed by atoms with Crippen LogP contribution in [0.2, 0.25) is 0 Å². The van der Waals surface area contributed by atoms with Crippen LogP contribution in [0, 0.1) is 5.82 Å². The van der Waals surface area contributed by atoms with E-state index in [1.807, 2.05) is 24.3 Å². The van der Waals surface area contributed by atoms with E-state index in [0.29, 0.717) is 11.8 Å². The molecule has 2 nitrogen and oxygen atoms in total. The molecule has 0 aliphatic heterocycles. The highest BCUT2D eigenvalue weighted by Gasteiger charge is 2.37. The average Bonchev–Trinajstić information content (AvgIpc) is 2.61. The molecular formula is C20H13F4NO. The number of carbonyl (C=O) groups excluding carboxylic acids is 1. The van der Waals surface area contributed by atoms with Gasteiger partial charge in [0.1, 0.15) is 5.82 Å². The minimum atomic E-state index is -4.99. The number of carbonyl (C=O) groups is 1. The Morgan fingerprint density at radius 1 is 0.885 bits per heavy atom. The SMILES string of the molecule is O=C(/C=C(\Nc1cccc2ccccc12)c1ccc(F)cc1)C(F)(F)F. The first-order valence-corrected chi connectivity index (χ1v) is 7.68. The molecule has 0 aliphatic carbocycles. The number of hydrogen-bond acceptors (Lipinski definition) is 2. The highest BCUT2D eigenvalue weighted by atomic mass is 19.4. The molecule has 3 rings (SSSR count). The predicted octanol–water partition coefficient (Wildman–Crippen LogP) is 5.56. The number of alkyl halides is 3. The standard InChI is InChI=1S/C20H13F4NO/c21-15-10-8-14(9-11-15)18(12-19(26)20(22,23)24)25-17-7-3-5-13-4-1-2-6-16(13)17/h1-12,25H/b18-12-. The Morgan fingerprint density at radius 2 is 1.54 bits per heavy atom. The van der Waals surface area contributed by atoms with Crippen molar-refractivity contribution < 1.29 is 22.4 Å². The molecule has 26 heavy (non-hydrogen) atoms. The third-order valence-electron chi connectivity index (χ3n) is 3.77. The Bertz CT molecular complexity index is 970. The number of ketones is 1. The maximum atomic E-state index is 13.2. The van der Waals surface area contributed by atoms with E-state index in [9.17, 15) is 22.4 Å². The summed E-state index contributed by atoms with van der Waals surface area (Å²) in [6.07, 6.45) is -4.51. The fourth-order valence-corrected chi connectivity index (χ4v) is 2.51. The van der Waals surface area contributed by atoms with Gasteiger partial charge >= 0.3 is 6.18 Å². The fourth-order valence-electron chi connectivity index (χ4n) is 2.51. The van der Waals surface area contributed by atoms with Crippen molar-refractivity contribution in [3.05, 3.63) is 84.2 Å². The Balaban J connectivity index is 2.07. The summed E-state index contributed by atoms with van der Waals surface area (Å²) < 4.78 is 51.2. The lowest BCUT2D eigenvalue weighted by atomic mass is 10.1. The monoisotopic (exact) mass is 359 g/mol. The molecule has 6 heteroatoms. The first-order valence-electron chi connectivity index (χ1n) is 7.68. The van der Waals surface area contributed by atoms with E-state index >= 15 is 0 Å². The van der Waals surface area contributed by atoms with Gasteiger partial charge in [-0.05, 0) is 41.3 Å². The Kier molecular flexibility index (Phi) is 4.75. The summed E-state index contributed by atoms with van der Waals surface area (Å²) in [7, 11) is 0. The van der Waals surface area contributed by atoms with Gasteiger partial charge in [-0.2, -0.15) is 13.2 Å². The van der Waals surface area contributed by atoms with Crippen molar-refractivity contribution >= 4 is 27.9 Å². The van der Waals surface area contributed by atoms with Gasteiger partial charge < -0.3 is 5.32 Å². The highest BCUT2D eigenvalue weighted by molar-refractivity contribution is 6.04. The van der Waals surface area contributed by atoms with Crippen LogP contribution in [0.3, 0.4) is 0 Å². The third kappa shape index (κ3) is 3.91. The van der Waals surface area contributed by atoms with Gasteiger partial charge in [-0.25, -0.2) is 4.39 Å². The summed E-state index contributed by atoms with van der Waals surface area (Å²) in [6, 6.07) is 17.5. The average molecular weight is 359 g/mol. The molecule has 0 saturated heterocycles. The van der Waals surface area contributed by atoms with Gasteiger partial charge in [0.25, 0.3) is 5.78 Å².